The number of phenolic OH excluding ortho intramolecular Hbond substituents is 2. The van der Waals surface area contributed by atoms with E-state index in [1.807, 2.05) is 19.1 Å². The Labute approximate surface area is 118 Å². The number of amides is 1. The summed E-state index contributed by atoms with van der Waals surface area (Å²) in [4.78, 5) is 12.0. The molecule has 3 N–H and O–H groups in total. The summed E-state index contributed by atoms with van der Waals surface area (Å²) >= 11 is 3.38. The van der Waals surface area contributed by atoms with Gasteiger partial charge in [-0.05, 0) is 36.8 Å². The zero-order valence-electron chi connectivity index (χ0n) is 10.1. The highest BCUT2D eigenvalue weighted by Gasteiger charge is 2.11. The molecule has 2 rings (SSSR count). The second kappa shape index (κ2) is 5.32. The van der Waals surface area contributed by atoms with E-state index in [-0.39, 0.29) is 17.1 Å². The van der Waals surface area contributed by atoms with Crippen molar-refractivity contribution < 1.29 is 15.0 Å². The molecule has 0 fully saturated rings. The predicted molar refractivity (Wildman–Crippen MR) is 76.6 cm³/mol. The van der Waals surface area contributed by atoms with Crippen molar-refractivity contribution in [2.24, 2.45) is 0 Å². The van der Waals surface area contributed by atoms with E-state index in [1.165, 1.54) is 18.2 Å². The average Bonchev–Trinajstić information content (AvgIpc) is 2.33. The summed E-state index contributed by atoms with van der Waals surface area (Å²) in [5, 5.41) is 21.5. The first kappa shape index (κ1) is 13.4. The van der Waals surface area contributed by atoms with Gasteiger partial charge in [0.1, 0.15) is 11.5 Å². The molecule has 4 nitrogen and oxygen atoms in total. The summed E-state index contributed by atoms with van der Waals surface area (Å²) in [5.41, 5.74) is 1.76. The van der Waals surface area contributed by atoms with E-state index in [0.717, 1.165) is 10.0 Å². The SMILES string of the molecule is Cc1c(Br)cccc1NC(=O)c1cc(O)cc(O)c1. The second-order valence-electron chi connectivity index (χ2n) is 4.10. The van der Waals surface area contributed by atoms with Gasteiger partial charge in [-0.2, -0.15) is 0 Å². The Hall–Kier alpha value is -2.01. The molecular formula is C14H12BrNO3. The number of carbonyl (C=O) groups is 1. The molecule has 0 saturated heterocycles. The second-order valence-corrected chi connectivity index (χ2v) is 4.96. The fraction of sp³-hybridized carbons (Fsp3) is 0.0714. The minimum atomic E-state index is -0.396. The highest BCUT2D eigenvalue weighted by molar-refractivity contribution is 9.10. The molecule has 1 amide bonds. The topological polar surface area (TPSA) is 69.6 Å². The normalized spacial score (nSPS) is 10.2. The van der Waals surface area contributed by atoms with Crippen molar-refractivity contribution in [3.63, 3.8) is 0 Å². The molecule has 98 valence electrons. The van der Waals surface area contributed by atoms with Gasteiger partial charge >= 0.3 is 0 Å². The number of carbonyl (C=O) groups excluding carboxylic acids is 1. The predicted octanol–water partition coefficient (Wildman–Crippen LogP) is 3.42. The lowest BCUT2D eigenvalue weighted by Crippen LogP contribution is -2.12. The molecule has 5 heteroatoms. The summed E-state index contributed by atoms with van der Waals surface area (Å²) in [6.45, 7) is 1.87. The summed E-state index contributed by atoms with van der Waals surface area (Å²) in [5.74, 6) is -0.709. The van der Waals surface area contributed by atoms with E-state index in [4.69, 9.17) is 0 Å². The summed E-state index contributed by atoms with van der Waals surface area (Å²) in [6.07, 6.45) is 0. The lowest BCUT2D eigenvalue weighted by molar-refractivity contribution is 0.102. The molecule has 0 aliphatic carbocycles. The van der Waals surface area contributed by atoms with Crippen LogP contribution in [0.2, 0.25) is 0 Å². The Balaban J connectivity index is 2.28. The first-order valence-electron chi connectivity index (χ1n) is 5.57. The fourth-order valence-electron chi connectivity index (χ4n) is 1.66. The van der Waals surface area contributed by atoms with Crippen molar-refractivity contribution in [3.05, 3.63) is 52.0 Å². The third-order valence-electron chi connectivity index (χ3n) is 2.68. The third-order valence-corrected chi connectivity index (χ3v) is 3.54. The Kier molecular flexibility index (Phi) is 3.76. The van der Waals surface area contributed by atoms with Crippen LogP contribution in [0.3, 0.4) is 0 Å². The fourth-order valence-corrected chi connectivity index (χ4v) is 2.03. The largest absolute Gasteiger partial charge is 0.508 e. The Morgan fingerprint density at radius 2 is 1.79 bits per heavy atom. The van der Waals surface area contributed by atoms with E-state index in [1.54, 1.807) is 6.07 Å². The van der Waals surface area contributed by atoms with E-state index >= 15 is 0 Å². The maximum atomic E-state index is 12.0. The van der Waals surface area contributed by atoms with Crippen LogP contribution in [0.1, 0.15) is 15.9 Å². The molecule has 0 aromatic heterocycles. The maximum Gasteiger partial charge on any atom is 0.255 e. The van der Waals surface area contributed by atoms with E-state index in [2.05, 4.69) is 21.2 Å². The number of benzene rings is 2. The van der Waals surface area contributed by atoms with Gasteiger partial charge < -0.3 is 15.5 Å². The minimum absolute atomic E-state index is 0.156. The first-order valence-corrected chi connectivity index (χ1v) is 6.36. The van der Waals surface area contributed by atoms with Crippen LogP contribution in [-0.2, 0) is 0 Å². The number of halogens is 1. The number of rotatable bonds is 2. The van der Waals surface area contributed by atoms with Gasteiger partial charge in [-0.15, -0.1) is 0 Å². The van der Waals surface area contributed by atoms with Crippen molar-refractivity contribution in [3.8, 4) is 11.5 Å². The zero-order chi connectivity index (χ0) is 14.0. The van der Waals surface area contributed by atoms with Crippen LogP contribution in [0.4, 0.5) is 5.69 Å². The minimum Gasteiger partial charge on any atom is -0.508 e. The zero-order valence-corrected chi connectivity index (χ0v) is 11.7. The monoisotopic (exact) mass is 321 g/mol. The average molecular weight is 322 g/mol. The van der Waals surface area contributed by atoms with E-state index in [0.29, 0.717) is 5.69 Å². The van der Waals surface area contributed by atoms with Gasteiger partial charge in [0.2, 0.25) is 0 Å². The molecule has 0 saturated carbocycles. The Morgan fingerprint density at radius 3 is 2.42 bits per heavy atom. The Morgan fingerprint density at radius 1 is 1.16 bits per heavy atom. The third kappa shape index (κ3) is 3.06. The van der Waals surface area contributed by atoms with Crippen molar-refractivity contribution >= 4 is 27.5 Å². The van der Waals surface area contributed by atoms with Gasteiger partial charge in [0, 0.05) is 21.8 Å². The van der Waals surface area contributed by atoms with Crippen molar-refractivity contribution in [1.29, 1.82) is 0 Å². The highest BCUT2D eigenvalue weighted by Crippen LogP contribution is 2.25. The molecule has 2 aromatic rings. The molecule has 19 heavy (non-hydrogen) atoms. The lowest BCUT2D eigenvalue weighted by Gasteiger charge is -2.10. The van der Waals surface area contributed by atoms with Gasteiger partial charge in [-0.1, -0.05) is 22.0 Å². The smallest absolute Gasteiger partial charge is 0.255 e. The number of nitrogens with one attached hydrogen (secondary N) is 1. The van der Waals surface area contributed by atoms with Crippen molar-refractivity contribution in [1.82, 2.24) is 0 Å². The highest BCUT2D eigenvalue weighted by atomic mass is 79.9. The number of phenols is 2. The number of hydrogen-bond acceptors (Lipinski definition) is 3. The molecule has 0 bridgehead atoms. The van der Waals surface area contributed by atoms with Gasteiger partial charge in [-0.3, -0.25) is 4.79 Å². The number of aromatic hydroxyl groups is 2. The number of anilines is 1. The van der Waals surface area contributed by atoms with Crippen LogP contribution >= 0.6 is 15.9 Å². The molecule has 0 aliphatic heterocycles. The van der Waals surface area contributed by atoms with Crippen LogP contribution in [0, 0.1) is 6.92 Å². The molecule has 0 spiro atoms. The van der Waals surface area contributed by atoms with Gasteiger partial charge in [-0.25, -0.2) is 0 Å². The lowest BCUT2D eigenvalue weighted by atomic mass is 10.1. The van der Waals surface area contributed by atoms with Gasteiger partial charge in [0.15, 0.2) is 0 Å². The molecule has 0 unspecified atom stereocenters. The Bertz CT molecular complexity index is 620. The number of hydrogen-bond donors (Lipinski definition) is 3. The van der Waals surface area contributed by atoms with E-state index < -0.39 is 5.91 Å². The van der Waals surface area contributed by atoms with Gasteiger partial charge in [0.25, 0.3) is 5.91 Å². The van der Waals surface area contributed by atoms with Crippen molar-refractivity contribution in [2.75, 3.05) is 5.32 Å². The standard InChI is InChI=1S/C14H12BrNO3/c1-8-12(15)3-2-4-13(8)16-14(19)9-5-10(17)7-11(18)6-9/h2-7,17-18H,1H3,(H,16,19). The summed E-state index contributed by atoms with van der Waals surface area (Å²) < 4.78 is 0.893. The van der Waals surface area contributed by atoms with Crippen LogP contribution in [-0.4, -0.2) is 16.1 Å². The van der Waals surface area contributed by atoms with Crippen LogP contribution in [0.5, 0.6) is 11.5 Å². The quantitative estimate of drug-likeness (QED) is 0.793. The molecule has 0 radical (unpaired) electrons. The van der Waals surface area contributed by atoms with Gasteiger partial charge in [0.05, 0.1) is 0 Å². The summed E-state index contributed by atoms with van der Waals surface area (Å²) in [6, 6.07) is 9.23. The first-order chi connectivity index (χ1) is 8.97. The molecule has 0 atom stereocenters. The molecule has 0 heterocycles. The summed E-state index contributed by atoms with van der Waals surface area (Å²) in [7, 11) is 0. The molecule has 2 aromatic carbocycles. The van der Waals surface area contributed by atoms with Crippen LogP contribution in [0.15, 0.2) is 40.9 Å². The van der Waals surface area contributed by atoms with Crippen LogP contribution < -0.4 is 5.32 Å². The van der Waals surface area contributed by atoms with Crippen molar-refractivity contribution in [2.45, 2.75) is 6.92 Å². The maximum absolute atomic E-state index is 12.0. The molecule has 0 aliphatic rings. The van der Waals surface area contributed by atoms with Crippen LogP contribution in [0.25, 0.3) is 0 Å². The van der Waals surface area contributed by atoms with E-state index in [9.17, 15) is 15.0 Å². The molecular weight excluding hydrogens is 310 g/mol.